The van der Waals surface area contributed by atoms with Crippen molar-refractivity contribution >= 4 is 12.2 Å². The minimum Gasteiger partial charge on any atom is -0.257 e. The zero-order valence-electron chi connectivity index (χ0n) is 10.9. The molecule has 0 spiro atoms. The Hall–Kier alpha value is -2.31. The highest BCUT2D eigenvalue weighted by atomic mass is 19.4. The third-order valence-corrected chi connectivity index (χ3v) is 2.74. The molecule has 0 aliphatic carbocycles. The molecule has 2 aromatic rings. The predicted molar refractivity (Wildman–Crippen MR) is 69.6 cm³/mol. The van der Waals surface area contributed by atoms with Crippen molar-refractivity contribution in [2.75, 3.05) is 0 Å². The minimum atomic E-state index is -4.85. The maximum Gasteiger partial charge on any atom is 0.416 e. The van der Waals surface area contributed by atoms with Gasteiger partial charge in [0.15, 0.2) is 0 Å². The van der Waals surface area contributed by atoms with Crippen LogP contribution in [0.3, 0.4) is 0 Å². The Labute approximate surface area is 121 Å². The van der Waals surface area contributed by atoms with Gasteiger partial charge in [0.05, 0.1) is 16.8 Å². The van der Waals surface area contributed by atoms with E-state index in [0.29, 0.717) is 17.8 Å². The molecule has 22 heavy (non-hydrogen) atoms. The summed E-state index contributed by atoms with van der Waals surface area (Å²) >= 11 is 0. The van der Waals surface area contributed by atoms with Gasteiger partial charge in [0.1, 0.15) is 0 Å². The molecule has 0 aliphatic rings. The maximum absolute atomic E-state index is 12.7. The molecule has 2 rings (SSSR count). The molecule has 0 aliphatic heterocycles. The molecule has 0 saturated heterocycles. The Morgan fingerprint density at radius 2 is 1.36 bits per heavy atom. The topological polar surface area (TPSA) is 12.9 Å². The highest BCUT2D eigenvalue weighted by Crippen LogP contribution is 2.36. The summed E-state index contributed by atoms with van der Waals surface area (Å²) in [5, 5.41) is 0. The molecule has 0 radical (unpaired) electrons. The van der Waals surface area contributed by atoms with Gasteiger partial charge in [-0.1, -0.05) is 12.1 Å². The Morgan fingerprint density at radius 3 is 1.82 bits per heavy atom. The van der Waals surface area contributed by atoms with E-state index in [-0.39, 0.29) is 11.6 Å². The van der Waals surface area contributed by atoms with Gasteiger partial charge in [0.2, 0.25) is 0 Å². The third-order valence-electron chi connectivity index (χ3n) is 2.74. The minimum absolute atomic E-state index is 0.0953. The summed E-state index contributed by atoms with van der Waals surface area (Å²) in [6.45, 7) is 0. The van der Waals surface area contributed by atoms with Crippen molar-refractivity contribution in [3.63, 3.8) is 0 Å². The number of nitrogens with zero attached hydrogens (tertiary/aromatic N) is 1. The van der Waals surface area contributed by atoms with Gasteiger partial charge in [-0.05, 0) is 42.0 Å². The van der Waals surface area contributed by atoms with E-state index < -0.39 is 23.5 Å². The standard InChI is InChI=1S/C15H9F6N/c16-14(17,18)11-7-10(8-12(9-11)15(19,20)21)4-5-13-3-1-2-6-22-13/h1-9H/b5-4+. The highest BCUT2D eigenvalue weighted by molar-refractivity contribution is 5.68. The largest absolute Gasteiger partial charge is 0.416 e. The number of halogens is 6. The summed E-state index contributed by atoms with van der Waals surface area (Å²) in [5.41, 5.74) is -2.47. The molecule has 0 saturated carbocycles. The number of benzene rings is 1. The number of rotatable bonds is 2. The van der Waals surface area contributed by atoms with Gasteiger partial charge in [-0.2, -0.15) is 26.3 Å². The first kappa shape index (κ1) is 16.1. The number of hydrogen-bond acceptors (Lipinski definition) is 1. The lowest BCUT2D eigenvalue weighted by atomic mass is 10.0. The molecule has 1 aromatic carbocycles. The average molecular weight is 317 g/mol. The van der Waals surface area contributed by atoms with Gasteiger partial charge in [0.25, 0.3) is 0 Å². The van der Waals surface area contributed by atoms with Crippen LogP contribution in [0, 0.1) is 0 Å². The Balaban J connectivity index is 2.45. The molecule has 1 heterocycles. The second-order valence-corrected chi connectivity index (χ2v) is 4.43. The smallest absolute Gasteiger partial charge is 0.257 e. The van der Waals surface area contributed by atoms with E-state index >= 15 is 0 Å². The molecule has 1 nitrogen and oxygen atoms in total. The Kier molecular flexibility index (Phi) is 4.25. The van der Waals surface area contributed by atoms with E-state index in [4.69, 9.17) is 0 Å². The van der Waals surface area contributed by atoms with Gasteiger partial charge in [-0.25, -0.2) is 0 Å². The van der Waals surface area contributed by atoms with Crippen LogP contribution in [0.25, 0.3) is 12.2 Å². The zero-order chi connectivity index (χ0) is 16.4. The lowest BCUT2D eigenvalue weighted by Crippen LogP contribution is -2.11. The van der Waals surface area contributed by atoms with E-state index in [0.717, 1.165) is 6.08 Å². The van der Waals surface area contributed by atoms with E-state index in [1.807, 2.05) is 0 Å². The Bertz CT molecular complexity index is 638. The summed E-state index contributed by atoms with van der Waals surface area (Å²) < 4.78 is 76.2. The molecule has 0 fully saturated rings. The van der Waals surface area contributed by atoms with Crippen molar-refractivity contribution in [2.45, 2.75) is 12.4 Å². The summed E-state index contributed by atoms with van der Waals surface area (Å²) in [4.78, 5) is 3.90. The predicted octanol–water partition coefficient (Wildman–Crippen LogP) is 5.29. The van der Waals surface area contributed by atoms with Crippen LogP contribution < -0.4 is 0 Å². The molecule has 0 unspecified atom stereocenters. The van der Waals surface area contributed by atoms with Crippen LogP contribution in [0.1, 0.15) is 22.4 Å². The van der Waals surface area contributed by atoms with E-state index in [9.17, 15) is 26.3 Å². The van der Waals surface area contributed by atoms with Crippen LogP contribution in [-0.4, -0.2) is 4.98 Å². The van der Waals surface area contributed by atoms with Crippen molar-refractivity contribution < 1.29 is 26.3 Å². The van der Waals surface area contributed by atoms with Crippen LogP contribution >= 0.6 is 0 Å². The van der Waals surface area contributed by atoms with E-state index in [2.05, 4.69) is 4.98 Å². The first-order chi connectivity index (χ1) is 10.2. The third kappa shape index (κ3) is 4.09. The lowest BCUT2D eigenvalue weighted by molar-refractivity contribution is -0.143. The van der Waals surface area contributed by atoms with Crippen molar-refractivity contribution in [1.82, 2.24) is 4.98 Å². The normalized spacial score (nSPS) is 12.8. The van der Waals surface area contributed by atoms with Crippen molar-refractivity contribution in [3.05, 3.63) is 65.0 Å². The van der Waals surface area contributed by atoms with Crippen molar-refractivity contribution in [1.29, 1.82) is 0 Å². The number of aromatic nitrogens is 1. The lowest BCUT2D eigenvalue weighted by Gasteiger charge is -2.12. The SMILES string of the molecule is FC(F)(F)c1cc(/C=C/c2ccccn2)cc(C(F)(F)F)c1. The molecule has 0 N–H and O–H groups in total. The van der Waals surface area contributed by atoms with Gasteiger partial charge >= 0.3 is 12.4 Å². The first-order valence-corrected chi connectivity index (χ1v) is 6.05. The van der Waals surface area contributed by atoms with Crippen LogP contribution in [0.5, 0.6) is 0 Å². The second kappa shape index (κ2) is 5.82. The van der Waals surface area contributed by atoms with Gasteiger partial charge < -0.3 is 0 Å². The van der Waals surface area contributed by atoms with Crippen molar-refractivity contribution in [3.8, 4) is 0 Å². The van der Waals surface area contributed by atoms with Gasteiger partial charge in [0, 0.05) is 6.20 Å². The fourth-order valence-corrected chi connectivity index (χ4v) is 1.73. The number of pyridine rings is 1. The fraction of sp³-hybridized carbons (Fsp3) is 0.133. The Morgan fingerprint density at radius 1 is 0.773 bits per heavy atom. The zero-order valence-corrected chi connectivity index (χ0v) is 10.9. The number of hydrogen-bond donors (Lipinski definition) is 0. The van der Waals surface area contributed by atoms with Crippen LogP contribution in [0.2, 0.25) is 0 Å². The monoisotopic (exact) mass is 317 g/mol. The first-order valence-electron chi connectivity index (χ1n) is 6.05. The molecule has 116 valence electrons. The van der Waals surface area contributed by atoms with Crippen LogP contribution in [0.15, 0.2) is 42.6 Å². The van der Waals surface area contributed by atoms with Gasteiger partial charge in [-0.15, -0.1) is 0 Å². The molecule has 7 heteroatoms. The van der Waals surface area contributed by atoms with Crippen LogP contribution in [-0.2, 0) is 12.4 Å². The fourth-order valence-electron chi connectivity index (χ4n) is 1.73. The summed E-state index contributed by atoms with van der Waals surface area (Å²) in [5.74, 6) is 0. The summed E-state index contributed by atoms with van der Waals surface area (Å²) in [6, 6.07) is 6.29. The maximum atomic E-state index is 12.7. The number of alkyl halides is 6. The highest BCUT2D eigenvalue weighted by Gasteiger charge is 2.36. The van der Waals surface area contributed by atoms with Crippen LogP contribution in [0.4, 0.5) is 26.3 Å². The van der Waals surface area contributed by atoms with Gasteiger partial charge in [-0.3, -0.25) is 4.98 Å². The molecule has 0 atom stereocenters. The van der Waals surface area contributed by atoms with E-state index in [1.54, 1.807) is 18.2 Å². The molecular formula is C15H9F6N. The molecule has 0 bridgehead atoms. The molecular weight excluding hydrogens is 308 g/mol. The second-order valence-electron chi connectivity index (χ2n) is 4.43. The summed E-state index contributed by atoms with van der Waals surface area (Å²) in [7, 11) is 0. The summed E-state index contributed by atoms with van der Waals surface area (Å²) in [6.07, 6.45) is -5.74. The molecule has 1 aromatic heterocycles. The quantitative estimate of drug-likeness (QED) is 0.686. The molecule has 0 amide bonds. The van der Waals surface area contributed by atoms with E-state index in [1.165, 1.54) is 12.3 Å². The van der Waals surface area contributed by atoms with Crippen molar-refractivity contribution in [2.24, 2.45) is 0 Å². The average Bonchev–Trinajstić information content (AvgIpc) is 2.44.